The van der Waals surface area contributed by atoms with Crippen molar-refractivity contribution in [3.05, 3.63) is 36.3 Å². The third kappa shape index (κ3) is 3.89. The Morgan fingerprint density at radius 3 is 2.90 bits per heavy atom. The van der Waals surface area contributed by atoms with Crippen LogP contribution in [0.2, 0.25) is 0 Å². The van der Waals surface area contributed by atoms with Gasteiger partial charge in [-0.05, 0) is 30.8 Å². The lowest BCUT2D eigenvalue weighted by Gasteiger charge is -2.12. The third-order valence-electron chi connectivity index (χ3n) is 2.54. The molecule has 0 aromatic carbocycles. The number of hydrogen-bond donors (Lipinski definition) is 1. The van der Waals surface area contributed by atoms with Gasteiger partial charge in [0, 0.05) is 12.4 Å². The van der Waals surface area contributed by atoms with Crippen molar-refractivity contribution in [2.75, 3.05) is 0 Å². The lowest BCUT2D eigenvalue weighted by Crippen LogP contribution is -2.32. The summed E-state index contributed by atoms with van der Waals surface area (Å²) < 4.78 is 38.2. The van der Waals surface area contributed by atoms with Crippen LogP contribution >= 0.6 is 11.8 Å². The van der Waals surface area contributed by atoms with Crippen molar-refractivity contribution < 1.29 is 18.0 Å². The van der Waals surface area contributed by atoms with E-state index in [2.05, 4.69) is 10.3 Å². The third-order valence-corrected chi connectivity index (χ3v) is 3.37. The van der Waals surface area contributed by atoms with Crippen LogP contribution in [0.1, 0.15) is 12.6 Å². The minimum Gasteiger partial charge on any atom is -0.349 e. The summed E-state index contributed by atoms with van der Waals surface area (Å²) in [4.78, 5) is 15.8. The van der Waals surface area contributed by atoms with Gasteiger partial charge >= 0.3 is 5.51 Å². The zero-order chi connectivity index (χ0) is 14.8. The monoisotopic (exact) mass is 303 g/mol. The molecule has 4 nitrogen and oxygen atoms in total. The molecule has 1 unspecified atom stereocenters. The number of hydrogen-bond acceptors (Lipinski definition) is 3. The van der Waals surface area contributed by atoms with E-state index in [-0.39, 0.29) is 18.3 Å². The molecular formula is C12H12F3N3OS. The summed E-state index contributed by atoms with van der Waals surface area (Å²) in [5, 5.41) is 1.26. The van der Waals surface area contributed by atoms with Gasteiger partial charge in [-0.1, -0.05) is 6.07 Å². The van der Waals surface area contributed by atoms with Crippen LogP contribution in [0, 0.1) is 0 Å². The number of nitrogens with zero attached hydrogens (tertiary/aromatic N) is 2. The van der Waals surface area contributed by atoms with Crippen molar-refractivity contribution in [3.8, 4) is 0 Å². The predicted octanol–water partition coefficient (Wildman–Crippen LogP) is 2.59. The van der Waals surface area contributed by atoms with E-state index >= 15 is 0 Å². The second-order valence-corrected chi connectivity index (χ2v) is 5.53. The molecule has 2 aromatic heterocycles. The van der Waals surface area contributed by atoms with Gasteiger partial charge in [0.15, 0.2) is 0 Å². The fourth-order valence-corrected chi connectivity index (χ4v) is 2.24. The number of imidazole rings is 1. The Bertz CT molecular complexity index is 578. The van der Waals surface area contributed by atoms with Crippen LogP contribution in [0.15, 0.2) is 30.6 Å². The highest BCUT2D eigenvalue weighted by molar-refractivity contribution is 8.01. The van der Waals surface area contributed by atoms with Gasteiger partial charge in [0.25, 0.3) is 0 Å². The van der Waals surface area contributed by atoms with Crippen LogP contribution in [-0.2, 0) is 11.3 Å². The molecule has 2 rings (SSSR count). The highest BCUT2D eigenvalue weighted by Gasteiger charge is 2.33. The highest BCUT2D eigenvalue weighted by atomic mass is 32.2. The van der Waals surface area contributed by atoms with E-state index in [9.17, 15) is 18.0 Å². The molecule has 0 spiro atoms. The summed E-state index contributed by atoms with van der Waals surface area (Å²) >= 11 is -0.333. The lowest BCUT2D eigenvalue weighted by atomic mass is 10.4. The van der Waals surface area contributed by atoms with Crippen molar-refractivity contribution >= 4 is 23.3 Å². The maximum atomic E-state index is 12.1. The number of carbonyl (C=O) groups is 1. The van der Waals surface area contributed by atoms with Crippen molar-refractivity contribution in [1.29, 1.82) is 0 Å². The van der Waals surface area contributed by atoms with Crippen molar-refractivity contribution in [3.63, 3.8) is 0 Å². The van der Waals surface area contributed by atoms with E-state index in [0.717, 1.165) is 5.65 Å². The van der Waals surface area contributed by atoms with Gasteiger partial charge in [0.1, 0.15) is 5.65 Å². The van der Waals surface area contributed by atoms with Gasteiger partial charge in [0.05, 0.1) is 17.5 Å². The number of aromatic nitrogens is 2. The smallest absolute Gasteiger partial charge is 0.349 e. The second kappa shape index (κ2) is 5.74. The zero-order valence-electron chi connectivity index (χ0n) is 10.5. The predicted molar refractivity (Wildman–Crippen MR) is 70.1 cm³/mol. The molecule has 1 N–H and O–H groups in total. The topological polar surface area (TPSA) is 46.4 Å². The largest absolute Gasteiger partial charge is 0.442 e. The molecule has 20 heavy (non-hydrogen) atoms. The minimum atomic E-state index is -4.42. The average Bonchev–Trinajstić information content (AvgIpc) is 2.76. The van der Waals surface area contributed by atoms with Crippen LogP contribution in [0.25, 0.3) is 5.65 Å². The number of pyridine rings is 1. The van der Waals surface area contributed by atoms with Gasteiger partial charge < -0.3 is 9.72 Å². The van der Waals surface area contributed by atoms with E-state index in [1.54, 1.807) is 22.9 Å². The van der Waals surface area contributed by atoms with Crippen molar-refractivity contribution in [1.82, 2.24) is 14.7 Å². The number of halogens is 3. The quantitative estimate of drug-likeness (QED) is 0.944. The maximum absolute atomic E-state index is 12.1. The fraction of sp³-hybridized carbons (Fsp3) is 0.333. The van der Waals surface area contributed by atoms with Crippen LogP contribution in [0.5, 0.6) is 0 Å². The van der Waals surface area contributed by atoms with Crippen LogP contribution in [0.3, 0.4) is 0 Å². The first-order chi connectivity index (χ1) is 9.35. The molecule has 0 aliphatic rings. The Kier molecular flexibility index (Phi) is 4.22. The Balaban J connectivity index is 1.93. The molecule has 0 aliphatic carbocycles. The van der Waals surface area contributed by atoms with Gasteiger partial charge in [-0.25, -0.2) is 4.98 Å². The molecule has 8 heteroatoms. The maximum Gasteiger partial charge on any atom is 0.442 e. The van der Waals surface area contributed by atoms with E-state index in [0.29, 0.717) is 5.69 Å². The van der Waals surface area contributed by atoms with E-state index in [4.69, 9.17) is 0 Å². The van der Waals surface area contributed by atoms with Gasteiger partial charge in [-0.3, -0.25) is 4.79 Å². The Morgan fingerprint density at radius 2 is 2.25 bits per heavy atom. The van der Waals surface area contributed by atoms with Crippen molar-refractivity contribution in [2.45, 2.75) is 24.2 Å². The fourth-order valence-electron chi connectivity index (χ4n) is 1.65. The minimum absolute atomic E-state index is 0.100. The van der Waals surface area contributed by atoms with E-state index in [1.165, 1.54) is 6.92 Å². The molecule has 2 aromatic rings. The first-order valence-corrected chi connectivity index (χ1v) is 6.68. The number of alkyl halides is 3. The molecular weight excluding hydrogens is 291 g/mol. The molecule has 0 saturated carbocycles. The number of thioether (sulfide) groups is 1. The first-order valence-electron chi connectivity index (χ1n) is 5.80. The lowest BCUT2D eigenvalue weighted by molar-refractivity contribution is -0.120. The molecule has 1 atom stereocenters. The number of rotatable bonds is 4. The van der Waals surface area contributed by atoms with Crippen LogP contribution in [-0.4, -0.2) is 26.1 Å². The van der Waals surface area contributed by atoms with Gasteiger partial charge in [0.2, 0.25) is 5.91 Å². The van der Waals surface area contributed by atoms with Crippen LogP contribution in [0.4, 0.5) is 13.2 Å². The summed E-state index contributed by atoms with van der Waals surface area (Å²) in [7, 11) is 0. The molecule has 0 fully saturated rings. The number of nitrogens with one attached hydrogen (secondary N) is 1. The summed E-state index contributed by atoms with van der Waals surface area (Å²) in [6.45, 7) is 1.32. The SMILES string of the molecule is CC(SC(F)(F)F)C(=O)NCc1cn2ccccc2n1. The van der Waals surface area contributed by atoms with Crippen LogP contribution < -0.4 is 5.32 Å². The van der Waals surface area contributed by atoms with Crippen molar-refractivity contribution in [2.24, 2.45) is 0 Å². The molecule has 0 saturated heterocycles. The number of amides is 1. The molecule has 2 heterocycles. The standard InChI is InChI=1S/C12H12F3N3OS/c1-8(20-12(13,14)15)11(19)16-6-9-7-18-5-3-2-4-10(18)17-9/h2-5,7-8H,6H2,1H3,(H,16,19). The Labute approximate surface area is 117 Å². The number of fused-ring (bicyclic) bond motifs is 1. The first kappa shape index (κ1) is 14.7. The molecule has 1 amide bonds. The Hall–Kier alpha value is -1.70. The molecule has 108 valence electrons. The summed E-state index contributed by atoms with van der Waals surface area (Å²) in [6.07, 6.45) is 3.52. The zero-order valence-corrected chi connectivity index (χ0v) is 11.3. The normalized spacial score (nSPS) is 13.4. The summed E-state index contributed by atoms with van der Waals surface area (Å²) in [6, 6.07) is 5.46. The van der Waals surface area contributed by atoms with E-state index < -0.39 is 16.7 Å². The second-order valence-electron chi connectivity index (χ2n) is 4.12. The highest BCUT2D eigenvalue weighted by Crippen LogP contribution is 2.33. The molecule has 0 aliphatic heterocycles. The molecule has 0 radical (unpaired) electrons. The van der Waals surface area contributed by atoms with Gasteiger partial charge in [-0.15, -0.1) is 0 Å². The summed E-state index contributed by atoms with van der Waals surface area (Å²) in [5.41, 5.74) is -3.11. The summed E-state index contributed by atoms with van der Waals surface area (Å²) in [5.74, 6) is -0.663. The van der Waals surface area contributed by atoms with E-state index in [1.807, 2.05) is 12.1 Å². The average molecular weight is 303 g/mol. The Morgan fingerprint density at radius 1 is 1.50 bits per heavy atom. The number of carbonyl (C=O) groups excluding carboxylic acids is 1. The molecule has 0 bridgehead atoms. The van der Waals surface area contributed by atoms with Gasteiger partial charge in [-0.2, -0.15) is 13.2 Å².